The maximum absolute atomic E-state index is 14.2. The molecule has 0 saturated heterocycles. The topological polar surface area (TPSA) is 106 Å². The number of nitrogens with two attached hydrogens (primary N) is 1. The van der Waals surface area contributed by atoms with Crippen molar-refractivity contribution in [2.24, 2.45) is 0 Å². The van der Waals surface area contributed by atoms with Crippen molar-refractivity contribution in [2.45, 2.75) is 38.3 Å². The first-order chi connectivity index (χ1) is 17.7. The summed E-state index contributed by atoms with van der Waals surface area (Å²) in [5.41, 5.74) is 7.94. The summed E-state index contributed by atoms with van der Waals surface area (Å²) in [5.74, 6) is -3.00. The largest absolute Gasteiger partial charge is 0.481 e. The fourth-order valence-electron chi connectivity index (χ4n) is 3.81. The van der Waals surface area contributed by atoms with Crippen LogP contribution in [-0.2, 0) is 22.4 Å². The minimum absolute atomic E-state index is 0.00210. The second-order valence-electron chi connectivity index (χ2n) is 8.21. The van der Waals surface area contributed by atoms with Gasteiger partial charge in [-0.2, -0.15) is 8.78 Å². The first kappa shape index (κ1) is 27.1. The van der Waals surface area contributed by atoms with Gasteiger partial charge in [0.05, 0.1) is 6.57 Å². The molecule has 0 aliphatic carbocycles. The number of benzene rings is 3. The van der Waals surface area contributed by atoms with Crippen LogP contribution in [0.4, 0.5) is 30.2 Å². The van der Waals surface area contributed by atoms with Crippen LogP contribution in [0.2, 0.25) is 0 Å². The van der Waals surface area contributed by atoms with Crippen molar-refractivity contribution in [3.05, 3.63) is 94.6 Å². The van der Waals surface area contributed by atoms with Gasteiger partial charge in [-0.05, 0) is 47.7 Å². The number of nitrogens with one attached hydrogen (secondary N) is 1. The number of nitrogen functional groups attached to an aromatic ring is 1. The Balaban J connectivity index is 1.88. The van der Waals surface area contributed by atoms with Crippen molar-refractivity contribution in [3.8, 4) is 5.75 Å². The number of ketones is 1. The highest BCUT2D eigenvalue weighted by molar-refractivity contribution is 5.88. The van der Waals surface area contributed by atoms with E-state index in [-0.39, 0.29) is 42.7 Å². The molecule has 0 aromatic heterocycles. The van der Waals surface area contributed by atoms with Crippen molar-refractivity contribution in [2.75, 3.05) is 11.1 Å². The zero-order valence-corrected chi connectivity index (χ0v) is 19.6. The van der Waals surface area contributed by atoms with Crippen molar-refractivity contribution in [1.29, 1.82) is 0 Å². The van der Waals surface area contributed by atoms with Crippen molar-refractivity contribution in [1.82, 2.24) is 0 Å². The minimum Gasteiger partial charge on any atom is -0.481 e. The summed E-state index contributed by atoms with van der Waals surface area (Å²) >= 11 is 0. The van der Waals surface area contributed by atoms with Crippen LogP contribution in [0.1, 0.15) is 35.6 Å². The van der Waals surface area contributed by atoms with E-state index in [2.05, 4.69) is 14.9 Å². The maximum Gasteiger partial charge on any atom is 0.387 e. The van der Waals surface area contributed by atoms with Gasteiger partial charge in [0.1, 0.15) is 6.04 Å². The van der Waals surface area contributed by atoms with Gasteiger partial charge in [-0.1, -0.05) is 36.4 Å². The normalized spacial score (nSPS) is 11.5. The van der Waals surface area contributed by atoms with Crippen LogP contribution in [0, 0.1) is 12.4 Å². The number of carboxylic acids is 1. The van der Waals surface area contributed by atoms with E-state index < -0.39 is 30.2 Å². The van der Waals surface area contributed by atoms with Gasteiger partial charge in [0.25, 0.3) is 0 Å². The van der Waals surface area contributed by atoms with Gasteiger partial charge in [0.2, 0.25) is 0 Å². The Labute approximate surface area is 211 Å². The van der Waals surface area contributed by atoms with Gasteiger partial charge >= 0.3 is 12.6 Å². The fourth-order valence-corrected chi connectivity index (χ4v) is 3.81. The summed E-state index contributed by atoms with van der Waals surface area (Å²) in [6.45, 7) is 3.84. The number of Topliss-reactive ketones (excluding diaryl/α,β-unsaturated/α-hetero) is 1. The number of hydrogen-bond acceptors (Lipinski definition) is 5. The van der Waals surface area contributed by atoms with E-state index in [4.69, 9.17) is 17.4 Å². The third kappa shape index (κ3) is 7.73. The molecule has 0 fully saturated rings. The molecule has 0 aliphatic heterocycles. The number of carbonyl (C=O) groups excluding carboxylic acids is 1. The molecular weight excluding hydrogens is 487 g/mol. The molecule has 192 valence electrons. The molecule has 0 aliphatic rings. The molecule has 3 rings (SSSR count). The first-order valence-corrected chi connectivity index (χ1v) is 11.3. The molecule has 10 heteroatoms. The lowest BCUT2D eigenvalue weighted by Gasteiger charge is -2.21. The van der Waals surface area contributed by atoms with Crippen LogP contribution >= 0.6 is 0 Å². The molecule has 3 aromatic rings. The molecule has 0 bridgehead atoms. The highest BCUT2D eigenvalue weighted by Gasteiger charge is 2.23. The van der Waals surface area contributed by atoms with Gasteiger partial charge in [-0.3, -0.25) is 9.59 Å². The van der Waals surface area contributed by atoms with Crippen molar-refractivity contribution < 1.29 is 32.6 Å². The van der Waals surface area contributed by atoms with E-state index in [1.165, 1.54) is 6.07 Å². The van der Waals surface area contributed by atoms with Gasteiger partial charge in [0, 0.05) is 30.3 Å². The highest BCUT2D eigenvalue weighted by atomic mass is 19.3. The lowest BCUT2D eigenvalue weighted by molar-refractivity contribution is -0.137. The smallest absolute Gasteiger partial charge is 0.387 e. The third-order valence-electron chi connectivity index (χ3n) is 5.53. The zero-order valence-electron chi connectivity index (χ0n) is 19.6. The van der Waals surface area contributed by atoms with Crippen molar-refractivity contribution >= 4 is 28.8 Å². The first-order valence-electron chi connectivity index (χ1n) is 11.3. The van der Waals surface area contributed by atoms with Gasteiger partial charge < -0.3 is 20.9 Å². The molecule has 0 radical (unpaired) electrons. The van der Waals surface area contributed by atoms with E-state index in [1.54, 1.807) is 48.5 Å². The average Bonchev–Trinajstić information content (AvgIpc) is 2.86. The van der Waals surface area contributed by atoms with Crippen LogP contribution in [0.3, 0.4) is 0 Å². The SMILES string of the molecule is [C-]#[N+]c1ccc(NC(C(=O)CCc2cc(N)cc(F)c2OC(F)F)c2cccc(CCC(=O)O)c2)cc1. The predicted molar refractivity (Wildman–Crippen MR) is 132 cm³/mol. The molecular formula is C27H24F3N3O4. The summed E-state index contributed by atoms with van der Waals surface area (Å²) in [4.78, 5) is 27.7. The summed E-state index contributed by atoms with van der Waals surface area (Å²) in [6, 6.07) is 14.6. The van der Waals surface area contributed by atoms with E-state index in [1.807, 2.05) is 0 Å². The molecule has 0 amide bonds. The lowest BCUT2D eigenvalue weighted by atomic mass is 9.94. The van der Waals surface area contributed by atoms with Crippen LogP contribution in [0.25, 0.3) is 4.85 Å². The Hall–Kier alpha value is -4.52. The zero-order chi connectivity index (χ0) is 26.9. The number of alkyl halides is 2. The Bertz CT molecular complexity index is 1310. The van der Waals surface area contributed by atoms with E-state index in [0.717, 1.165) is 6.07 Å². The van der Waals surface area contributed by atoms with Crippen LogP contribution in [0.5, 0.6) is 5.75 Å². The number of ether oxygens (including phenoxy) is 1. The number of anilines is 2. The summed E-state index contributed by atoms with van der Waals surface area (Å²) in [7, 11) is 0. The number of carboxylic acid groups (broad SMARTS) is 1. The van der Waals surface area contributed by atoms with Crippen LogP contribution in [-0.4, -0.2) is 23.5 Å². The molecule has 0 heterocycles. The second-order valence-corrected chi connectivity index (χ2v) is 8.21. The minimum atomic E-state index is -3.26. The molecule has 4 N–H and O–H groups in total. The summed E-state index contributed by atoms with van der Waals surface area (Å²) < 4.78 is 44.2. The van der Waals surface area contributed by atoms with E-state index in [9.17, 15) is 22.8 Å². The number of carbonyl (C=O) groups is 2. The van der Waals surface area contributed by atoms with E-state index >= 15 is 0 Å². The maximum atomic E-state index is 14.2. The second kappa shape index (κ2) is 12.4. The number of nitrogens with zero attached hydrogens (tertiary/aromatic N) is 1. The monoisotopic (exact) mass is 511 g/mol. The van der Waals surface area contributed by atoms with Gasteiger partial charge in [-0.25, -0.2) is 9.24 Å². The number of aliphatic carboxylic acids is 1. The van der Waals surface area contributed by atoms with Gasteiger partial charge in [-0.15, -0.1) is 0 Å². The Morgan fingerprint density at radius 1 is 1.05 bits per heavy atom. The van der Waals surface area contributed by atoms with E-state index in [0.29, 0.717) is 22.5 Å². The third-order valence-corrected chi connectivity index (χ3v) is 5.53. The number of halogens is 3. The number of hydrogen-bond donors (Lipinski definition) is 3. The van der Waals surface area contributed by atoms with Crippen LogP contribution < -0.4 is 15.8 Å². The molecule has 0 spiro atoms. The number of aryl methyl sites for hydroxylation is 2. The molecule has 1 unspecified atom stereocenters. The molecule has 3 aromatic carbocycles. The Morgan fingerprint density at radius 2 is 1.78 bits per heavy atom. The predicted octanol–water partition coefficient (Wildman–Crippen LogP) is 5.93. The average molecular weight is 512 g/mol. The molecule has 0 saturated carbocycles. The lowest BCUT2D eigenvalue weighted by Crippen LogP contribution is -2.22. The summed E-state index contributed by atoms with van der Waals surface area (Å²) in [6.07, 6.45) is -0.0990. The molecule has 7 nitrogen and oxygen atoms in total. The standard InChI is InChI=1S/C27H24F3N3O4/c1-32-20-7-9-21(10-8-20)33-25(17-4-2-3-16(13-17)5-12-24(35)36)23(34)11-6-18-14-19(31)15-22(28)26(18)37-27(29)30/h2-4,7-10,13-15,25,27,33H,5-6,11-12,31H2,(H,35,36). The fraction of sp³-hybridized carbons (Fsp3) is 0.222. The van der Waals surface area contributed by atoms with Crippen molar-refractivity contribution in [3.63, 3.8) is 0 Å². The molecule has 1 atom stereocenters. The molecule has 37 heavy (non-hydrogen) atoms. The quantitative estimate of drug-likeness (QED) is 0.206. The summed E-state index contributed by atoms with van der Waals surface area (Å²) in [5, 5.41) is 12.1. The van der Waals surface area contributed by atoms with Gasteiger partial charge in [0.15, 0.2) is 23.0 Å². The Morgan fingerprint density at radius 3 is 2.43 bits per heavy atom. The van der Waals surface area contributed by atoms with Crippen LogP contribution in [0.15, 0.2) is 60.7 Å². The highest BCUT2D eigenvalue weighted by Crippen LogP contribution is 2.30. The number of rotatable bonds is 12. The Kier molecular flexibility index (Phi) is 9.11.